The Morgan fingerprint density at radius 3 is 2.77 bits per heavy atom. The Hall–Kier alpha value is -1.62. The van der Waals surface area contributed by atoms with Gasteiger partial charge in [-0.05, 0) is 12.1 Å². The summed E-state index contributed by atoms with van der Waals surface area (Å²) in [4.78, 5) is 4.39. The molecule has 1 aliphatic rings. The molecular weight excluding hydrogens is 160 g/mol. The van der Waals surface area contributed by atoms with Crippen LogP contribution in [0.1, 0.15) is 0 Å². The number of benzene rings is 1. The fourth-order valence-electron chi connectivity index (χ4n) is 1.71. The summed E-state index contributed by atoms with van der Waals surface area (Å²) in [6.07, 6.45) is 5.30. The molecule has 1 heterocycles. The zero-order chi connectivity index (χ0) is 9.26. The van der Waals surface area contributed by atoms with Gasteiger partial charge in [-0.15, -0.1) is 6.42 Å². The fraction of sp³-hybridized carbons (Fsp3) is 0.273. The molecule has 0 aromatic heterocycles. The van der Waals surface area contributed by atoms with Gasteiger partial charge in [0.15, 0.2) is 0 Å². The molecule has 1 aliphatic heterocycles. The van der Waals surface area contributed by atoms with Gasteiger partial charge in [0.1, 0.15) is 0 Å². The summed E-state index contributed by atoms with van der Waals surface area (Å²) in [6.45, 7) is 1.57. The van der Waals surface area contributed by atoms with Crippen LogP contribution in [0.5, 0.6) is 0 Å². The molecule has 0 spiro atoms. The van der Waals surface area contributed by atoms with E-state index in [1.807, 2.05) is 6.07 Å². The normalized spacial score (nSPS) is 14.2. The van der Waals surface area contributed by atoms with Crippen LogP contribution in [-0.2, 0) is 0 Å². The zero-order valence-corrected chi connectivity index (χ0v) is 7.70. The lowest BCUT2D eigenvalue weighted by Crippen LogP contribution is -2.28. The van der Waals surface area contributed by atoms with Crippen LogP contribution in [0, 0.1) is 12.3 Å². The van der Waals surface area contributed by atoms with Crippen molar-refractivity contribution >= 4 is 11.4 Å². The molecule has 2 rings (SSSR count). The molecule has 0 saturated carbocycles. The number of nitrogens with zero attached hydrogens (tertiary/aromatic N) is 2. The second kappa shape index (κ2) is 3.02. The topological polar surface area (TPSA) is 6.48 Å². The average Bonchev–Trinajstić information content (AvgIpc) is 2.46. The zero-order valence-electron chi connectivity index (χ0n) is 7.70. The molecule has 2 nitrogen and oxygen atoms in total. The van der Waals surface area contributed by atoms with Crippen LogP contribution >= 0.6 is 0 Å². The van der Waals surface area contributed by atoms with E-state index in [1.165, 1.54) is 11.4 Å². The smallest absolute Gasteiger partial charge is 0.0910 e. The first kappa shape index (κ1) is 8.00. The highest BCUT2D eigenvalue weighted by Gasteiger charge is 2.20. The Balaban J connectivity index is 2.37. The van der Waals surface area contributed by atoms with E-state index < -0.39 is 0 Å². The van der Waals surface area contributed by atoms with E-state index >= 15 is 0 Å². The maximum absolute atomic E-state index is 5.30. The van der Waals surface area contributed by atoms with Crippen molar-refractivity contribution in [2.45, 2.75) is 0 Å². The molecule has 1 aromatic carbocycles. The fourth-order valence-corrected chi connectivity index (χ4v) is 1.71. The molecule has 66 valence electrons. The Kier molecular flexibility index (Phi) is 1.86. The second-order valence-electron chi connectivity index (χ2n) is 3.23. The van der Waals surface area contributed by atoms with Crippen molar-refractivity contribution in [3.05, 3.63) is 24.3 Å². The maximum Gasteiger partial charge on any atom is 0.0910 e. The molecule has 0 N–H and O–H groups in total. The third-order valence-corrected chi connectivity index (χ3v) is 2.30. The van der Waals surface area contributed by atoms with Gasteiger partial charge in [-0.3, -0.25) is 0 Å². The number of hydrogen-bond acceptors (Lipinski definition) is 2. The minimum absolute atomic E-state index is 0.682. The maximum atomic E-state index is 5.30. The number of fused-ring (bicyclic) bond motifs is 1. The first-order chi connectivity index (χ1) is 6.33. The molecule has 0 amide bonds. The third kappa shape index (κ3) is 1.23. The van der Waals surface area contributed by atoms with E-state index in [9.17, 15) is 0 Å². The van der Waals surface area contributed by atoms with E-state index in [2.05, 4.69) is 41.0 Å². The van der Waals surface area contributed by atoms with Gasteiger partial charge in [0.25, 0.3) is 0 Å². The molecule has 0 radical (unpaired) electrons. The highest BCUT2D eigenvalue weighted by molar-refractivity contribution is 5.76. The van der Waals surface area contributed by atoms with Gasteiger partial charge in [0, 0.05) is 7.05 Å². The van der Waals surface area contributed by atoms with Gasteiger partial charge in [-0.2, -0.15) is 0 Å². The number of hydrogen-bond donors (Lipinski definition) is 0. The standard InChI is InChI=1S/C11H12N2/c1-3-8-13-9-12(2)10-6-4-5-7-11(10)13/h1,4-7H,8-9H2,2H3. The van der Waals surface area contributed by atoms with Crippen LogP contribution in [-0.4, -0.2) is 20.3 Å². The summed E-state index contributed by atoms with van der Waals surface area (Å²) in [7, 11) is 2.08. The summed E-state index contributed by atoms with van der Waals surface area (Å²) in [5.74, 6) is 2.67. The van der Waals surface area contributed by atoms with Crippen molar-refractivity contribution in [1.29, 1.82) is 0 Å². The summed E-state index contributed by atoms with van der Waals surface area (Å²) in [5.41, 5.74) is 2.50. The molecule has 0 aliphatic carbocycles. The molecule has 0 unspecified atom stereocenters. The van der Waals surface area contributed by atoms with Crippen LogP contribution < -0.4 is 9.80 Å². The van der Waals surface area contributed by atoms with Gasteiger partial charge in [0.05, 0.1) is 24.6 Å². The Bertz CT molecular complexity index is 351. The minimum Gasteiger partial charge on any atom is -0.355 e. The van der Waals surface area contributed by atoms with Crippen LogP contribution in [0.3, 0.4) is 0 Å². The molecule has 2 heteroatoms. The molecular formula is C11H12N2. The number of rotatable bonds is 1. The number of terminal acetylenes is 1. The number of para-hydroxylation sites is 2. The molecule has 1 aromatic rings. The van der Waals surface area contributed by atoms with E-state index in [4.69, 9.17) is 6.42 Å². The largest absolute Gasteiger partial charge is 0.355 e. The van der Waals surface area contributed by atoms with Gasteiger partial charge >= 0.3 is 0 Å². The second-order valence-corrected chi connectivity index (χ2v) is 3.23. The highest BCUT2D eigenvalue weighted by Crippen LogP contribution is 2.33. The Labute approximate surface area is 78.8 Å². The van der Waals surface area contributed by atoms with Crippen molar-refractivity contribution in [3.8, 4) is 12.3 Å². The number of anilines is 2. The van der Waals surface area contributed by atoms with Crippen LogP contribution in [0.25, 0.3) is 0 Å². The molecule has 0 atom stereocenters. The summed E-state index contributed by atoms with van der Waals surface area (Å²) >= 11 is 0. The average molecular weight is 172 g/mol. The summed E-state index contributed by atoms with van der Waals surface area (Å²) < 4.78 is 0. The van der Waals surface area contributed by atoms with E-state index in [0.29, 0.717) is 6.54 Å². The van der Waals surface area contributed by atoms with Crippen molar-refractivity contribution in [1.82, 2.24) is 0 Å². The van der Waals surface area contributed by atoms with E-state index in [-0.39, 0.29) is 0 Å². The van der Waals surface area contributed by atoms with Crippen molar-refractivity contribution in [3.63, 3.8) is 0 Å². The highest BCUT2D eigenvalue weighted by atomic mass is 15.4. The predicted octanol–water partition coefficient (Wildman–Crippen LogP) is 1.53. The van der Waals surface area contributed by atoms with E-state index in [1.54, 1.807) is 0 Å². The molecule has 0 bridgehead atoms. The SMILES string of the molecule is C#CCN1CN(C)c2ccccc21. The van der Waals surface area contributed by atoms with Gasteiger partial charge in [0.2, 0.25) is 0 Å². The van der Waals surface area contributed by atoms with Gasteiger partial charge in [-0.1, -0.05) is 18.1 Å². The lowest BCUT2D eigenvalue weighted by molar-refractivity contribution is 0.883. The van der Waals surface area contributed by atoms with E-state index in [0.717, 1.165) is 6.67 Å². The third-order valence-electron chi connectivity index (χ3n) is 2.30. The monoisotopic (exact) mass is 172 g/mol. The molecule has 13 heavy (non-hydrogen) atoms. The lowest BCUT2D eigenvalue weighted by Gasteiger charge is -2.15. The summed E-state index contributed by atoms with van der Waals surface area (Å²) in [5, 5.41) is 0. The van der Waals surface area contributed by atoms with Crippen molar-refractivity contribution in [2.24, 2.45) is 0 Å². The first-order valence-electron chi connectivity index (χ1n) is 4.31. The van der Waals surface area contributed by atoms with Crippen LogP contribution in [0.4, 0.5) is 11.4 Å². The molecule has 0 fully saturated rings. The predicted molar refractivity (Wildman–Crippen MR) is 55.9 cm³/mol. The Morgan fingerprint density at radius 2 is 2.08 bits per heavy atom. The molecule has 0 saturated heterocycles. The van der Waals surface area contributed by atoms with Gasteiger partial charge < -0.3 is 9.80 Å². The summed E-state index contributed by atoms with van der Waals surface area (Å²) in [6, 6.07) is 8.32. The first-order valence-corrected chi connectivity index (χ1v) is 4.31. The van der Waals surface area contributed by atoms with Gasteiger partial charge in [-0.25, -0.2) is 0 Å². The quantitative estimate of drug-likeness (QED) is 0.593. The van der Waals surface area contributed by atoms with Crippen LogP contribution in [0.15, 0.2) is 24.3 Å². The van der Waals surface area contributed by atoms with Crippen molar-refractivity contribution in [2.75, 3.05) is 30.1 Å². The van der Waals surface area contributed by atoms with Crippen molar-refractivity contribution < 1.29 is 0 Å². The Morgan fingerprint density at radius 1 is 1.38 bits per heavy atom. The van der Waals surface area contributed by atoms with Crippen LogP contribution in [0.2, 0.25) is 0 Å². The minimum atomic E-state index is 0.682. The lowest BCUT2D eigenvalue weighted by atomic mass is 10.2.